The van der Waals surface area contributed by atoms with Crippen LogP contribution in [0.3, 0.4) is 0 Å². The monoisotopic (exact) mass is 493 g/mol. The zero-order valence-electron chi connectivity index (χ0n) is 18.4. The molecule has 0 atom stereocenters. The third-order valence-corrected chi connectivity index (χ3v) is 7.85. The van der Waals surface area contributed by atoms with E-state index >= 15 is 0 Å². The lowest BCUT2D eigenvalue weighted by Crippen LogP contribution is -2.37. The fourth-order valence-electron chi connectivity index (χ4n) is 4.33. The number of carbonyl (C=O) groups is 3. The number of halogens is 1. The molecule has 0 saturated heterocycles. The molecule has 0 unspecified atom stereocenters. The van der Waals surface area contributed by atoms with E-state index in [1.807, 2.05) is 0 Å². The highest BCUT2D eigenvalue weighted by Gasteiger charge is 2.36. The second kappa shape index (κ2) is 8.62. The molecular formula is C25H20FN3O5S. The Hall–Kier alpha value is -4.05. The van der Waals surface area contributed by atoms with E-state index in [4.69, 9.17) is 0 Å². The summed E-state index contributed by atoms with van der Waals surface area (Å²) < 4.78 is 41.0. The molecule has 10 heteroatoms. The SMILES string of the molecule is O=C(CN1C(=O)c2ccccc2C1=O)Nc1ccc2c(c1)N(S(=O)(=O)c1ccc(F)cc1)CCC2. The molecule has 0 fully saturated rings. The van der Waals surface area contributed by atoms with Gasteiger partial charge in [-0.05, 0) is 66.9 Å². The van der Waals surface area contributed by atoms with Gasteiger partial charge in [0.15, 0.2) is 0 Å². The van der Waals surface area contributed by atoms with Crippen molar-refractivity contribution in [2.45, 2.75) is 17.7 Å². The van der Waals surface area contributed by atoms with Crippen molar-refractivity contribution in [2.75, 3.05) is 22.7 Å². The Balaban J connectivity index is 1.37. The largest absolute Gasteiger partial charge is 0.324 e. The van der Waals surface area contributed by atoms with Crippen LogP contribution in [0.5, 0.6) is 0 Å². The number of hydrogen-bond donors (Lipinski definition) is 1. The van der Waals surface area contributed by atoms with Gasteiger partial charge in [0.1, 0.15) is 12.4 Å². The van der Waals surface area contributed by atoms with E-state index in [2.05, 4.69) is 5.32 Å². The van der Waals surface area contributed by atoms with Crippen LogP contribution >= 0.6 is 0 Å². The maximum Gasteiger partial charge on any atom is 0.264 e. The molecule has 0 saturated carbocycles. The zero-order chi connectivity index (χ0) is 24.7. The minimum Gasteiger partial charge on any atom is -0.324 e. The fraction of sp³-hybridized carbons (Fsp3) is 0.160. The van der Waals surface area contributed by atoms with Crippen LogP contribution in [-0.4, -0.2) is 44.1 Å². The summed E-state index contributed by atoms with van der Waals surface area (Å²) >= 11 is 0. The first-order valence-corrected chi connectivity index (χ1v) is 12.4. The molecule has 3 amide bonds. The highest BCUT2D eigenvalue weighted by atomic mass is 32.2. The van der Waals surface area contributed by atoms with E-state index in [-0.39, 0.29) is 22.6 Å². The summed E-state index contributed by atoms with van der Waals surface area (Å²) in [5, 5.41) is 2.65. The lowest BCUT2D eigenvalue weighted by Gasteiger charge is -2.31. The Morgan fingerprint density at radius 1 is 0.943 bits per heavy atom. The summed E-state index contributed by atoms with van der Waals surface area (Å²) in [5.74, 6) is -2.21. The van der Waals surface area contributed by atoms with E-state index in [1.54, 1.807) is 30.3 Å². The number of nitrogens with one attached hydrogen (secondary N) is 1. The van der Waals surface area contributed by atoms with Gasteiger partial charge >= 0.3 is 0 Å². The van der Waals surface area contributed by atoms with Crippen LogP contribution in [0.1, 0.15) is 32.7 Å². The van der Waals surface area contributed by atoms with E-state index in [9.17, 15) is 27.2 Å². The second-order valence-corrected chi connectivity index (χ2v) is 10.1. The fourth-order valence-corrected chi connectivity index (χ4v) is 5.86. The van der Waals surface area contributed by atoms with Gasteiger partial charge < -0.3 is 5.32 Å². The molecule has 35 heavy (non-hydrogen) atoms. The minimum absolute atomic E-state index is 0.0354. The van der Waals surface area contributed by atoms with Crippen molar-refractivity contribution >= 4 is 39.1 Å². The number of carbonyl (C=O) groups excluding carboxylic acids is 3. The number of benzene rings is 3. The highest BCUT2D eigenvalue weighted by Crippen LogP contribution is 2.34. The van der Waals surface area contributed by atoms with Crippen LogP contribution in [0.4, 0.5) is 15.8 Å². The normalized spacial score (nSPS) is 15.1. The maximum absolute atomic E-state index is 13.3. The Kier molecular flexibility index (Phi) is 5.60. The number of rotatable bonds is 5. The predicted molar refractivity (Wildman–Crippen MR) is 126 cm³/mol. The van der Waals surface area contributed by atoms with E-state index in [1.165, 1.54) is 28.6 Å². The van der Waals surface area contributed by atoms with Crippen molar-refractivity contribution in [3.63, 3.8) is 0 Å². The summed E-state index contributed by atoms with van der Waals surface area (Å²) in [6.45, 7) is -0.236. The van der Waals surface area contributed by atoms with Crippen molar-refractivity contribution in [3.05, 3.63) is 89.2 Å². The lowest BCUT2D eigenvalue weighted by molar-refractivity contribution is -0.116. The van der Waals surface area contributed by atoms with Crippen LogP contribution in [0.2, 0.25) is 0 Å². The molecule has 3 aromatic rings. The first kappa shape index (κ1) is 22.7. The van der Waals surface area contributed by atoms with Gasteiger partial charge in [-0.1, -0.05) is 18.2 Å². The Labute approximate surface area is 201 Å². The number of anilines is 2. The van der Waals surface area contributed by atoms with E-state index < -0.39 is 40.1 Å². The molecule has 5 rings (SSSR count). The average molecular weight is 494 g/mol. The summed E-state index contributed by atoms with van der Waals surface area (Å²) in [7, 11) is -3.94. The molecule has 0 radical (unpaired) electrons. The topological polar surface area (TPSA) is 104 Å². The van der Waals surface area contributed by atoms with Gasteiger partial charge in [-0.15, -0.1) is 0 Å². The molecule has 2 aliphatic heterocycles. The zero-order valence-corrected chi connectivity index (χ0v) is 19.2. The summed E-state index contributed by atoms with van der Waals surface area (Å²) in [5.41, 5.74) is 2.03. The highest BCUT2D eigenvalue weighted by molar-refractivity contribution is 7.92. The van der Waals surface area contributed by atoms with Crippen LogP contribution in [0.15, 0.2) is 71.6 Å². The van der Waals surface area contributed by atoms with Gasteiger partial charge in [-0.2, -0.15) is 0 Å². The molecule has 1 N–H and O–H groups in total. The Morgan fingerprint density at radius 3 is 2.26 bits per heavy atom. The predicted octanol–water partition coefficient (Wildman–Crippen LogP) is 3.20. The number of sulfonamides is 1. The molecular weight excluding hydrogens is 473 g/mol. The van der Waals surface area contributed by atoms with Gasteiger partial charge in [0.25, 0.3) is 21.8 Å². The molecule has 2 heterocycles. The first-order valence-electron chi connectivity index (χ1n) is 10.9. The van der Waals surface area contributed by atoms with Gasteiger partial charge in [0, 0.05) is 12.2 Å². The smallest absolute Gasteiger partial charge is 0.264 e. The van der Waals surface area contributed by atoms with Crippen molar-refractivity contribution in [1.82, 2.24) is 4.90 Å². The second-order valence-electron chi connectivity index (χ2n) is 8.27. The number of hydrogen-bond acceptors (Lipinski definition) is 5. The van der Waals surface area contributed by atoms with Gasteiger partial charge in [0.05, 0.1) is 21.7 Å². The summed E-state index contributed by atoms with van der Waals surface area (Å²) in [4.78, 5) is 38.6. The molecule has 2 aliphatic rings. The number of fused-ring (bicyclic) bond motifs is 2. The van der Waals surface area contributed by atoms with Crippen molar-refractivity contribution in [1.29, 1.82) is 0 Å². The average Bonchev–Trinajstić information content (AvgIpc) is 3.09. The summed E-state index contributed by atoms with van der Waals surface area (Å²) in [6, 6.07) is 15.9. The minimum atomic E-state index is -3.94. The molecule has 0 bridgehead atoms. The van der Waals surface area contributed by atoms with E-state index in [0.717, 1.165) is 22.6 Å². The molecule has 8 nitrogen and oxygen atoms in total. The van der Waals surface area contributed by atoms with Gasteiger partial charge in [0.2, 0.25) is 5.91 Å². The van der Waals surface area contributed by atoms with Crippen LogP contribution in [0, 0.1) is 5.82 Å². The first-order chi connectivity index (χ1) is 16.8. The van der Waals surface area contributed by atoms with Gasteiger partial charge in [-0.3, -0.25) is 23.6 Å². The Bertz CT molecular complexity index is 1440. The van der Waals surface area contributed by atoms with Crippen molar-refractivity contribution < 1.29 is 27.2 Å². The lowest BCUT2D eigenvalue weighted by atomic mass is 10.0. The van der Waals surface area contributed by atoms with Crippen molar-refractivity contribution in [3.8, 4) is 0 Å². The summed E-state index contributed by atoms with van der Waals surface area (Å²) in [6.07, 6.45) is 1.27. The number of aryl methyl sites for hydroxylation is 1. The van der Waals surface area contributed by atoms with Crippen LogP contribution in [-0.2, 0) is 21.2 Å². The van der Waals surface area contributed by atoms with Crippen molar-refractivity contribution in [2.24, 2.45) is 0 Å². The molecule has 0 spiro atoms. The molecule has 0 aromatic heterocycles. The number of nitrogens with zero attached hydrogens (tertiary/aromatic N) is 2. The molecule has 0 aliphatic carbocycles. The standard InChI is InChI=1S/C25H20FN3O5S/c26-17-8-11-19(12-9-17)35(33,34)29-13-3-4-16-7-10-18(14-22(16)29)27-23(30)15-28-24(31)20-5-1-2-6-21(20)25(28)32/h1-2,5-12,14H,3-4,13,15H2,(H,27,30). The third kappa shape index (κ3) is 4.06. The maximum atomic E-state index is 13.3. The van der Waals surface area contributed by atoms with Gasteiger partial charge in [-0.25, -0.2) is 12.8 Å². The van der Waals surface area contributed by atoms with Crippen LogP contribution < -0.4 is 9.62 Å². The Morgan fingerprint density at radius 2 is 1.60 bits per heavy atom. The molecule has 178 valence electrons. The van der Waals surface area contributed by atoms with E-state index in [0.29, 0.717) is 24.2 Å². The molecule has 3 aromatic carbocycles. The third-order valence-electron chi connectivity index (χ3n) is 6.03. The number of imide groups is 1. The number of amides is 3. The van der Waals surface area contributed by atoms with Crippen LogP contribution in [0.25, 0.3) is 0 Å². The quantitative estimate of drug-likeness (QED) is 0.550.